The average Bonchev–Trinajstić information content (AvgIpc) is 2.28. The third-order valence-corrected chi connectivity index (χ3v) is 4.44. The largest absolute Gasteiger partial charge is 0.215 e. The van der Waals surface area contributed by atoms with E-state index in [4.69, 9.17) is 11.6 Å². The number of halogens is 1. The van der Waals surface area contributed by atoms with Crippen molar-refractivity contribution in [3.05, 3.63) is 11.6 Å². The van der Waals surface area contributed by atoms with Crippen LogP contribution in [0.3, 0.4) is 0 Å². The molecule has 94 valence electrons. The maximum absolute atomic E-state index is 11.4. The molecule has 1 aliphatic rings. The highest BCUT2D eigenvalue weighted by Gasteiger charge is 2.09. The lowest BCUT2D eigenvalue weighted by molar-refractivity contribution is 0.578. The SMILES string of the molecule is O=S(=O)(CCCCl)NCCC1=CCCCC1. The quantitative estimate of drug-likeness (QED) is 0.568. The third kappa shape index (κ3) is 5.87. The lowest BCUT2D eigenvalue weighted by atomic mass is 9.97. The molecule has 1 rings (SSSR count). The first-order valence-corrected chi connectivity index (χ1v) is 8.04. The van der Waals surface area contributed by atoms with Crippen molar-refractivity contribution < 1.29 is 8.42 Å². The van der Waals surface area contributed by atoms with Crippen molar-refractivity contribution in [2.24, 2.45) is 0 Å². The monoisotopic (exact) mass is 265 g/mol. The number of nitrogens with one attached hydrogen (secondary N) is 1. The summed E-state index contributed by atoms with van der Waals surface area (Å²) in [5.41, 5.74) is 1.39. The van der Waals surface area contributed by atoms with Crippen LogP contribution < -0.4 is 4.72 Å². The van der Waals surface area contributed by atoms with Gasteiger partial charge in [-0.15, -0.1) is 11.6 Å². The van der Waals surface area contributed by atoms with E-state index in [1.54, 1.807) is 0 Å². The highest BCUT2D eigenvalue weighted by molar-refractivity contribution is 7.89. The average molecular weight is 266 g/mol. The number of rotatable bonds is 7. The Kier molecular flexibility index (Phi) is 6.39. The molecule has 0 aromatic rings. The zero-order chi connectivity index (χ0) is 11.9. The minimum absolute atomic E-state index is 0.134. The second-order valence-electron chi connectivity index (χ2n) is 4.11. The van der Waals surface area contributed by atoms with Gasteiger partial charge < -0.3 is 0 Å². The van der Waals surface area contributed by atoms with Gasteiger partial charge in [0.05, 0.1) is 5.75 Å². The van der Waals surface area contributed by atoms with Crippen molar-refractivity contribution in [2.45, 2.75) is 38.5 Å². The second kappa shape index (κ2) is 7.30. The molecule has 0 spiro atoms. The fourth-order valence-corrected chi connectivity index (χ4v) is 3.19. The molecule has 0 fully saturated rings. The summed E-state index contributed by atoms with van der Waals surface area (Å²) < 4.78 is 25.5. The Morgan fingerprint density at radius 1 is 1.38 bits per heavy atom. The Morgan fingerprint density at radius 3 is 2.81 bits per heavy atom. The second-order valence-corrected chi connectivity index (χ2v) is 6.42. The molecular weight excluding hydrogens is 246 g/mol. The molecule has 0 unspecified atom stereocenters. The summed E-state index contributed by atoms with van der Waals surface area (Å²) in [7, 11) is -3.11. The Balaban J connectivity index is 2.21. The first-order valence-electron chi connectivity index (χ1n) is 5.85. The van der Waals surface area contributed by atoms with Crippen molar-refractivity contribution >= 4 is 21.6 Å². The molecule has 0 atom stereocenters. The van der Waals surface area contributed by atoms with Crippen molar-refractivity contribution in [3.8, 4) is 0 Å². The predicted molar refractivity (Wildman–Crippen MR) is 68.3 cm³/mol. The van der Waals surface area contributed by atoms with Gasteiger partial charge in [0, 0.05) is 12.4 Å². The molecule has 0 heterocycles. The van der Waals surface area contributed by atoms with Crippen molar-refractivity contribution in [2.75, 3.05) is 18.2 Å². The van der Waals surface area contributed by atoms with Gasteiger partial charge in [0.25, 0.3) is 0 Å². The van der Waals surface area contributed by atoms with Gasteiger partial charge in [0.1, 0.15) is 0 Å². The van der Waals surface area contributed by atoms with E-state index in [1.165, 1.54) is 18.4 Å². The third-order valence-electron chi connectivity index (χ3n) is 2.70. The summed E-state index contributed by atoms with van der Waals surface area (Å²) >= 11 is 5.46. The first-order chi connectivity index (χ1) is 7.64. The fraction of sp³-hybridized carbons (Fsp3) is 0.818. The highest BCUT2D eigenvalue weighted by atomic mass is 35.5. The van der Waals surface area contributed by atoms with E-state index >= 15 is 0 Å². The van der Waals surface area contributed by atoms with E-state index in [1.807, 2.05) is 0 Å². The summed E-state index contributed by atoms with van der Waals surface area (Å²) in [5.74, 6) is 0.529. The van der Waals surface area contributed by atoms with Crippen LogP contribution >= 0.6 is 11.6 Å². The van der Waals surface area contributed by atoms with Crippen LogP contribution in [0.1, 0.15) is 38.5 Å². The van der Waals surface area contributed by atoms with Gasteiger partial charge in [-0.2, -0.15) is 0 Å². The van der Waals surface area contributed by atoms with E-state index in [0.29, 0.717) is 18.8 Å². The highest BCUT2D eigenvalue weighted by Crippen LogP contribution is 2.19. The van der Waals surface area contributed by atoms with E-state index in [-0.39, 0.29) is 5.75 Å². The van der Waals surface area contributed by atoms with Gasteiger partial charge in [0.2, 0.25) is 10.0 Å². The Labute approximate surface area is 103 Å². The van der Waals surface area contributed by atoms with Gasteiger partial charge in [-0.25, -0.2) is 13.1 Å². The zero-order valence-corrected chi connectivity index (χ0v) is 11.1. The van der Waals surface area contributed by atoms with Gasteiger partial charge in [-0.3, -0.25) is 0 Å². The molecule has 0 bridgehead atoms. The summed E-state index contributed by atoms with van der Waals surface area (Å²) in [6.07, 6.45) is 8.39. The van der Waals surface area contributed by atoms with Gasteiger partial charge >= 0.3 is 0 Å². The van der Waals surface area contributed by atoms with Crippen LogP contribution in [0, 0.1) is 0 Å². The summed E-state index contributed by atoms with van der Waals surface area (Å²) in [6, 6.07) is 0. The molecule has 0 amide bonds. The predicted octanol–water partition coefficient (Wildman–Crippen LogP) is 2.43. The smallest absolute Gasteiger partial charge is 0.211 e. The normalized spacial score (nSPS) is 17.2. The van der Waals surface area contributed by atoms with E-state index in [2.05, 4.69) is 10.8 Å². The minimum Gasteiger partial charge on any atom is -0.215 e. The van der Waals surface area contributed by atoms with Crippen LogP contribution in [0.25, 0.3) is 0 Å². The van der Waals surface area contributed by atoms with Crippen molar-refractivity contribution in [3.63, 3.8) is 0 Å². The minimum atomic E-state index is -3.11. The maximum Gasteiger partial charge on any atom is 0.211 e. The molecule has 0 aromatic carbocycles. The molecule has 0 aliphatic heterocycles. The summed E-state index contributed by atoms with van der Waals surface area (Å²) in [5, 5.41) is 0. The number of sulfonamides is 1. The maximum atomic E-state index is 11.4. The van der Waals surface area contributed by atoms with Gasteiger partial charge in [-0.1, -0.05) is 11.6 Å². The number of hydrogen-bond acceptors (Lipinski definition) is 2. The Bertz CT molecular complexity index is 325. The molecule has 5 heteroatoms. The van der Waals surface area contributed by atoms with Gasteiger partial charge in [-0.05, 0) is 38.5 Å². The van der Waals surface area contributed by atoms with Gasteiger partial charge in [0.15, 0.2) is 0 Å². The van der Waals surface area contributed by atoms with Crippen molar-refractivity contribution in [1.82, 2.24) is 4.72 Å². The van der Waals surface area contributed by atoms with Crippen LogP contribution in [0.5, 0.6) is 0 Å². The number of allylic oxidation sites excluding steroid dienone is 1. The van der Waals surface area contributed by atoms with E-state index in [0.717, 1.165) is 19.3 Å². The van der Waals surface area contributed by atoms with Crippen molar-refractivity contribution in [1.29, 1.82) is 0 Å². The zero-order valence-electron chi connectivity index (χ0n) is 9.54. The standard InChI is InChI=1S/C11H20ClNO2S/c12-8-4-10-16(14,15)13-9-7-11-5-2-1-3-6-11/h5,13H,1-4,6-10H2. The number of hydrogen-bond donors (Lipinski definition) is 1. The molecule has 1 aliphatic carbocycles. The van der Waals surface area contributed by atoms with E-state index in [9.17, 15) is 8.42 Å². The lowest BCUT2D eigenvalue weighted by Crippen LogP contribution is -2.27. The molecule has 0 saturated carbocycles. The Morgan fingerprint density at radius 2 is 2.19 bits per heavy atom. The molecule has 3 nitrogen and oxygen atoms in total. The van der Waals surface area contributed by atoms with Crippen LogP contribution in [-0.2, 0) is 10.0 Å². The summed E-state index contributed by atoms with van der Waals surface area (Å²) in [4.78, 5) is 0. The fourth-order valence-electron chi connectivity index (χ4n) is 1.82. The first kappa shape index (κ1) is 14.0. The Hall–Kier alpha value is -0.0600. The summed E-state index contributed by atoms with van der Waals surface area (Å²) in [6.45, 7) is 0.524. The molecule has 0 saturated heterocycles. The topological polar surface area (TPSA) is 46.2 Å². The van der Waals surface area contributed by atoms with Crippen LogP contribution in [-0.4, -0.2) is 26.6 Å². The molecule has 0 radical (unpaired) electrons. The van der Waals surface area contributed by atoms with Crippen LogP contribution in [0.15, 0.2) is 11.6 Å². The van der Waals surface area contributed by atoms with E-state index < -0.39 is 10.0 Å². The molecule has 0 aromatic heterocycles. The van der Waals surface area contributed by atoms with Crippen LogP contribution in [0.2, 0.25) is 0 Å². The lowest BCUT2D eigenvalue weighted by Gasteiger charge is -2.12. The molecular formula is C11H20ClNO2S. The molecule has 1 N–H and O–H groups in total. The molecule has 16 heavy (non-hydrogen) atoms. The number of alkyl halides is 1. The van der Waals surface area contributed by atoms with Crippen LogP contribution in [0.4, 0.5) is 0 Å².